The molecule has 0 aliphatic rings. The molecule has 0 aromatic heterocycles. The summed E-state index contributed by atoms with van der Waals surface area (Å²) < 4.78 is 0. The lowest BCUT2D eigenvalue weighted by atomic mass is 10.1. The molecule has 0 fully saturated rings. The lowest BCUT2D eigenvalue weighted by Gasteiger charge is -1.96. The molecule has 0 N–H and O–H groups in total. The summed E-state index contributed by atoms with van der Waals surface area (Å²) in [4.78, 5) is 0. The van der Waals surface area contributed by atoms with Crippen LogP contribution in [0.3, 0.4) is 0 Å². The average molecular weight is 139 g/mol. The van der Waals surface area contributed by atoms with Crippen molar-refractivity contribution >= 4 is 0 Å². The quantitative estimate of drug-likeness (QED) is 0.509. The van der Waals surface area contributed by atoms with Crippen molar-refractivity contribution in [3.8, 4) is 0 Å². The number of hydrogen-bond donors (Lipinski definition) is 0. The molecule has 0 nitrogen and oxygen atoms in total. The van der Waals surface area contributed by atoms with Crippen LogP contribution < -0.4 is 0 Å². The largest absolute Gasteiger partial charge is 0.0853 e. The maximum Gasteiger partial charge on any atom is -0.0283 e. The van der Waals surface area contributed by atoms with Crippen LogP contribution in [0.1, 0.15) is 46.0 Å². The third-order valence-corrected chi connectivity index (χ3v) is 1.56. The highest BCUT2D eigenvalue weighted by Crippen LogP contribution is 2.05. The van der Waals surface area contributed by atoms with Gasteiger partial charge in [0.1, 0.15) is 0 Å². The third kappa shape index (κ3) is 5.87. The van der Waals surface area contributed by atoms with Gasteiger partial charge in [0.05, 0.1) is 0 Å². The minimum atomic E-state index is 1.17. The topological polar surface area (TPSA) is 0 Å². The Balaban J connectivity index is 3.28. The molecular weight excluding hydrogens is 120 g/mol. The van der Waals surface area contributed by atoms with Crippen molar-refractivity contribution in [1.82, 2.24) is 0 Å². The van der Waals surface area contributed by atoms with Gasteiger partial charge in [-0.05, 0) is 19.8 Å². The molecule has 0 aliphatic heterocycles. The second-order valence-corrected chi connectivity index (χ2v) is 2.75. The molecule has 0 amide bonds. The van der Waals surface area contributed by atoms with Gasteiger partial charge >= 0.3 is 0 Å². The van der Waals surface area contributed by atoms with Crippen molar-refractivity contribution < 1.29 is 0 Å². The van der Waals surface area contributed by atoms with Gasteiger partial charge in [-0.15, -0.1) is 0 Å². The second-order valence-electron chi connectivity index (χ2n) is 2.75. The Morgan fingerprint density at radius 2 is 2.00 bits per heavy atom. The Morgan fingerprint density at radius 1 is 1.30 bits per heavy atom. The lowest BCUT2D eigenvalue weighted by molar-refractivity contribution is 0.804. The van der Waals surface area contributed by atoms with E-state index in [2.05, 4.69) is 26.8 Å². The molecule has 0 rings (SSSR count). The van der Waals surface area contributed by atoms with Crippen LogP contribution in [0.2, 0.25) is 0 Å². The monoisotopic (exact) mass is 139 g/mol. The van der Waals surface area contributed by atoms with E-state index < -0.39 is 0 Å². The van der Waals surface area contributed by atoms with Crippen LogP contribution in [0, 0.1) is 6.92 Å². The van der Waals surface area contributed by atoms with Gasteiger partial charge in [0.2, 0.25) is 0 Å². The Bertz CT molecular complexity index is 90.2. The van der Waals surface area contributed by atoms with Gasteiger partial charge in [0.15, 0.2) is 0 Å². The van der Waals surface area contributed by atoms with E-state index in [0.717, 1.165) is 0 Å². The second kappa shape index (κ2) is 6.85. The Morgan fingerprint density at radius 3 is 2.50 bits per heavy atom. The van der Waals surface area contributed by atoms with Crippen molar-refractivity contribution in [2.75, 3.05) is 0 Å². The molecule has 10 heavy (non-hydrogen) atoms. The van der Waals surface area contributed by atoms with Crippen molar-refractivity contribution in [2.45, 2.75) is 46.0 Å². The molecule has 0 aliphatic carbocycles. The zero-order valence-electron chi connectivity index (χ0n) is 7.32. The summed E-state index contributed by atoms with van der Waals surface area (Å²) in [6.07, 6.45) is 8.48. The van der Waals surface area contributed by atoms with Crippen LogP contribution in [-0.2, 0) is 0 Å². The first kappa shape index (κ1) is 9.74. The van der Waals surface area contributed by atoms with E-state index in [1.54, 1.807) is 0 Å². The van der Waals surface area contributed by atoms with E-state index in [-0.39, 0.29) is 0 Å². The molecule has 0 atom stereocenters. The molecule has 0 saturated heterocycles. The standard InChI is InChI=1S/C10H19/c1-4-6-7-9-10(3)8-5-2/h9H,3-8H2,1-2H3/b10-9-. The van der Waals surface area contributed by atoms with Crippen LogP contribution in [0.25, 0.3) is 0 Å². The van der Waals surface area contributed by atoms with Gasteiger partial charge in [-0.25, -0.2) is 0 Å². The first-order valence-electron chi connectivity index (χ1n) is 4.32. The smallest absolute Gasteiger partial charge is 0.0283 e. The van der Waals surface area contributed by atoms with E-state index in [1.165, 1.54) is 37.7 Å². The zero-order chi connectivity index (χ0) is 7.82. The van der Waals surface area contributed by atoms with E-state index >= 15 is 0 Å². The predicted molar refractivity (Wildman–Crippen MR) is 47.9 cm³/mol. The first-order chi connectivity index (χ1) is 4.81. The highest BCUT2D eigenvalue weighted by Gasteiger charge is 1.85. The van der Waals surface area contributed by atoms with E-state index in [1.807, 2.05) is 0 Å². The van der Waals surface area contributed by atoms with E-state index in [9.17, 15) is 0 Å². The van der Waals surface area contributed by atoms with Gasteiger partial charge in [-0.2, -0.15) is 0 Å². The zero-order valence-corrected chi connectivity index (χ0v) is 7.32. The lowest BCUT2D eigenvalue weighted by Crippen LogP contribution is -1.76. The van der Waals surface area contributed by atoms with Crippen LogP contribution in [0.5, 0.6) is 0 Å². The van der Waals surface area contributed by atoms with Gasteiger partial charge in [0.25, 0.3) is 0 Å². The van der Waals surface area contributed by atoms with E-state index in [4.69, 9.17) is 0 Å². The predicted octanol–water partition coefficient (Wildman–Crippen LogP) is 3.74. The average Bonchev–Trinajstić information content (AvgIpc) is 1.89. The number of rotatable bonds is 5. The summed E-state index contributed by atoms with van der Waals surface area (Å²) in [6.45, 7) is 8.37. The van der Waals surface area contributed by atoms with E-state index in [0.29, 0.717) is 0 Å². The fourth-order valence-electron chi connectivity index (χ4n) is 0.933. The van der Waals surface area contributed by atoms with Gasteiger partial charge in [0, 0.05) is 0 Å². The minimum Gasteiger partial charge on any atom is -0.0853 e. The third-order valence-electron chi connectivity index (χ3n) is 1.56. The van der Waals surface area contributed by atoms with Crippen LogP contribution in [0.4, 0.5) is 0 Å². The Kier molecular flexibility index (Phi) is 6.68. The summed E-state index contributed by atoms with van der Waals surface area (Å²) in [5.74, 6) is 0. The molecule has 0 heterocycles. The normalized spacial score (nSPS) is 12.1. The fourth-order valence-corrected chi connectivity index (χ4v) is 0.933. The molecule has 0 spiro atoms. The molecule has 0 aromatic carbocycles. The van der Waals surface area contributed by atoms with Crippen molar-refractivity contribution in [2.24, 2.45) is 0 Å². The minimum absolute atomic E-state index is 1.17. The first-order valence-corrected chi connectivity index (χ1v) is 4.32. The Labute approximate surface area is 65.3 Å². The molecule has 0 saturated carbocycles. The van der Waals surface area contributed by atoms with Gasteiger partial charge < -0.3 is 0 Å². The van der Waals surface area contributed by atoms with Crippen molar-refractivity contribution in [1.29, 1.82) is 0 Å². The number of unbranched alkanes of at least 4 members (excludes halogenated alkanes) is 2. The maximum atomic E-state index is 3.96. The van der Waals surface area contributed by atoms with Crippen LogP contribution in [-0.4, -0.2) is 0 Å². The van der Waals surface area contributed by atoms with Crippen molar-refractivity contribution in [3.63, 3.8) is 0 Å². The van der Waals surface area contributed by atoms with Crippen molar-refractivity contribution in [3.05, 3.63) is 18.6 Å². The molecule has 0 unspecified atom stereocenters. The summed E-state index contributed by atoms with van der Waals surface area (Å²) >= 11 is 0. The SMILES string of the molecule is [CH2]/C(=C/CCCC)CCC. The number of allylic oxidation sites excluding steroid dienone is 2. The summed E-state index contributed by atoms with van der Waals surface area (Å²) in [7, 11) is 0. The summed E-state index contributed by atoms with van der Waals surface area (Å²) in [6, 6.07) is 0. The molecule has 1 radical (unpaired) electrons. The van der Waals surface area contributed by atoms with Crippen LogP contribution in [0.15, 0.2) is 11.6 Å². The maximum absolute atomic E-state index is 3.96. The molecule has 0 heteroatoms. The fraction of sp³-hybridized carbons (Fsp3) is 0.700. The number of hydrogen-bond acceptors (Lipinski definition) is 0. The van der Waals surface area contributed by atoms with Gasteiger partial charge in [-0.3, -0.25) is 0 Å². The molecule has 59 valence electrons. The molecule has 0 bridgehead atoms. The van der Waals surface area contributed by atoms with Crippen LogP contribution >= 0.6 is 0 Å². The molecular formula is C10H19. The summed E-state index contributed by atoms with van der Waals surface area (Å²) in [5.41, 5.74) is 1.32. The highest BCUT2D eigenvalue weighted by atomic mass is 13.9. The Hall–Kier alpha value is -0.260. The summed E-state index contributed by atoms with van der Waals surface area (Å²) in [5, 5.41) is 0. The highest BCUT2D eigenvalue weighted by molar-refractivity contribution is 5.04. The molecule has 0 aromatic rings. The van der Waals surface area contributed by atoms with Gasteiger partial charge in [-0.1, -0.05) is 44.8 Å².